The van der Waals surface area contributed by atoms with Crippen LogP contribution in [0.5, 0.6) is 0 Å². The van der Waals surface area contributed by atoms with Gasteiger partial charge in [0.05, 0.1) is 6.21 Å². The van der Waals surface area contributed by atoms with Crippen molar-refractivity contribution in [2.75, 3.05) is 26.2 Å². The molecule has 3 nitrogen and oxygen atoms in total. The molecule has 0 aromatic heterocycles. The van der Waals surface area contributed by atoms with Gasteiger partial charge in [-0.05, 0) is 34.0 Å². The van der Waals surface area contributed by atoms with Crippen molar-refractivity contribution in [1.82, 2.24) is 9.91 Å². The summed E-state index contributed by atoms with van der Waals surface area (Å²) in [6, 6.07) is 23.0. The van der Waals surface area contributed by atoms with Gasteiger partial charge in [-0.25, -0.2) is 0 Å². The molecule has 3 aromatic rings. The Morgan fingerprint density at radius 1 is 0.885 bits per heavy atom. The van der Waals surface area contributed by atoms with Crippen molar-refractivity contribution in [2.24, 2.45) is 5.10 Å². The van der Waals surface area contributed by atoms with Crippen LogP contribution in [0.4, 0.5) is 0 Å². The molecule has 0 radical (unpaired) electrons. The lowest BCUT2D eigenvalue weighted by Crippen LogP contribution is -2.43. The molecule has 0 atom stereocenters. The van der Waals surface area contributed by atoms with E-state index in [1.54, 1.807) is 0 Å². The van der Waals surface area contributed by atoms with Crippen molar-refractivity contribution < 1.29 is 0 Å². The molecule has 0 saturated carbocycles. The maximum atomic E-state index is 6.02. The molecule has 0 N–H and O–H groups in total. The van der Waals surface area contributed by atoms with Gasteiger partial charge in [-0.15, -0.1) is 0 Å². The van der Waals surface area contributed by atoms with Crippen molar-refractivity contribution in [2.45, 2.75) is 6.54 Å². The van der Waals surface area contributed by atoms with Gasteiger partial charge in [0.25, 0.3) is 0 Å². The van der Waals surface area contributed by atoms with Crippen molar-refractivity contribution in [3.05, 3.63) is 82.9 Å². The van der Waals surface area contributed by atoms with Crippen LogP contribution in [-0.4, -0.2) is 42.3 Å². The van der Waals surface area contributed by atoms with Gasteiger partial charge in [-0.2, -0.15) is 5.10 Å². The predicted octanol–water partition coefficient (Wildman–Crippen LogP) is 4.64. The zero-order chi connectivity index (χ0) is 17.8. The third-order valence-electron chi connectivity index (χ3n) is 4.84. The summed E-state index contributed by atoms with van der Waals surface area (Å²) in [5, 5.41) is 10.2. The first kappa shape index (κ1) is 17.1. The van der Waals surface area contributed by atoms with Gasteiger partial charge in [0.1, 0.15) is 0 Å². The zero-order valence-electron chi connectivity index (χ0n) is 14.7. The number of rotatable bonds is 4. The minimum absolute atomic E-state index is 0.744. The molecule has 4 heteroatoms. The number of nitrogens with zero attached hydrogens (tertiary/aromatic N) is 3. The number of benzene rings is 3. The van der Waals surface area contributed by atoms with E-state index in [-0.39, 0.29) is 0 Å². The van der Waals surface area contributed by atoms with Crippen molar-refractivity contribution in [1.29, 1.82) is 0 Å². The van der Waals surface area contributed by atoms with E-state index in [0.29, 0.717) is 0 Å². The van der Waals surface area contributed by atoms with Gasteiger partial charge in [0.15, 0.2) is 0 Å². The van der Waals surface area contributed by atoms with E-state index >= 15 is 0 Å². The van der Waals surface area contributed by atoms with Gasteiger partial charge >= 0.3 is 0 Å². The molecular formula is C22H22ClN3. The average molecular weight is 364 g/mol. The molecule has 132 valence electrons. The molecule has 0 spiro atoms. The van der Waals surface area contributed by atoms with E-state index in [2.05, 4.69) is 57.5 Å². The summed E-state index contributed by atoms with van der Waals surface area (Å²) in [5.41, 5.74) is 2.44. The minimum Gasteiger partial charge on any atom is -0.295 e. The normalized spacial score (nSPS) is 15.8. The lowest BCUT2D eigenvalue weighted by atomic mass is 10.0. The molecule has 0 amide bonds. The Kier molecular flexibility index (Phi) is 5.19. The molecule has 3 aromatic carbocycles. The summed E-state index contributed by atoms with van der Waals surface area (Å²) in [6.45, 7) is 4.93. The lowest BCUT2D eigenvalue weighted by Gasteiger charge is -2.33. The van der Waals surface area contributed by atoms with Crippen molar-refractivity contribution in [3.63, 3.8) is 0 Å². The van der Waals surface area contributed by atoms with Gasteiger partial charge in [-0.1, -0.05) is 66.2 Å². The molecule has 1 saturated heterocycles. The van der Waals surface area contributed by atoms with Crippen LogP contribution in [0.3, 0.4) is 0 Å². The molecule has 0 aliphatic carbocycles. The topological polar surface area (TPSA) is 18.8 Å². The van der Waals surface area contributed by atoms with Crippen LogP contribution in [0.1, 0.15) is 11.1 Å². The van der Waals surface area contributed by atoms with Gasteiger partial charge in [0.2, 0.25) is 0 Å². The molecule has 4 rings (SSSR count). The van der Waals surface area contributed by atoms with Gasteiger partial charge in [-0.3, -0.25) is 9.91 Å². The van der Waals surface area contributed by atoms with Crippen molar-refractivity contribution in [3.8, 4) is 0 Å². The molecule has 1 aliphatic heterocycles. The van der Waals surface area contributed by atoms with Gasteiger partial charge < -0.3 is 0 Å². The second-order valence-electron chi connectivity index (χ2n) is 6.67. The fraction of sp³-hybridized carbons (Fsp3) is 0.227. The molecule has 26 heavy (non-hydrogen) atoms. The monoisotopic (exact) mass is 363 g/mol. The number of hydrogen-bond donors (Lipinski definition) is 0. The van der Waals surface area contributed by atoms with Crippen LogP contribution in [0.25, 0.3) is 10.8 Å². The summed E-state index contributed by atoms with van der Waals surface area (Å²) in [4.78, 5) is 2.51. The van der Waals surface area contributed by atoms with E-state index in [1.165, 1.54) is 16.3 Å². The predicted molar refractivity (Wildman–Crippen MR) is 110 cm³/mol. The highest BCUT2D eigenvalue weighted by Crippen LogP contribution is 2.20. The fourth-order valence-electron chi connectivity index (χ4n) is 3.42. The van der Waals surface area contributed by atoms with E-state index in [1.807, 2.05) is 30.5 Å². The highest BCUT2D eigenvalue weighted by molar-refractivity contribution is 6.30. The third kappa shape index (κ3) is 4.06. The molecule has 1 fully saturated rings. The lowest BCUT2D eigenvalue weighted by molar-refractivity contribution is 0.131. The first-order chi connectivity index (χ1) is 12.8. The quantitative estimate of drug-likeness (QED) is 0.628. The third-order valence-corrected chi connectivity index (χ3v) is 5.08. The summed E-state index contributed by atoms with van der Waals surface area (Å²) in [7, 11) is 0. The number of fused-ring (bicyclic) bond motifs is 1. The Bertz CT molecular complexity index is 909. The standard InChI is InChI=1S/C22H22ClN3/c23-21-9-3-5-18(15-21)16-24-26-13-11-25(12-14-26)17-20-8-4-7-19-6-1-2-10-22(19)20/h1-10,15-16H,11-14,17H2/b24-16-. The molecule has 0 bridgehead atoms. The van der Waals surface area contributed by atoms with E-state index < -0.39 is 0 Å². The fourth-order valence-corrected chi connectivity index (χ4v) is 3.62. The van der Waals surface area contributed by atoms with Gasteiger partial charge in [0, 0.05) is 37.7 Å². The first-order valence-electron chi connectivity index (χ1n) is 9.01. The number of piperazine rings is 1. The Labute approximate surface area is 159 Å². The SMILES string of the molecule is Clc1cccc(/C=N\N2CCN(Cc3cccc4ccccc34)CC2)c1. The smallest absolute Gasteiger partial charge is 0.0543 e. The maximum Gasteiger partial charge on any atom is 0.0543 e. The Balaban J connectivity index is 1.36. The highest BCUT2D eigenvalue weighted by atomic mass is 35.5. The van der Waals surface area contributed by atoms with Crippen LogP contribution in [0.15, 0.2) is 71.8 Å². The van der Waals surface area contributed by atoms with Crippen LogP contribution in [0, 0.1) is 0 Å². The molecule has 0 unspecified atom stereocenters. The Morgan fingerprint density at radius 2 is 1.65 bits per heavy atom. The highest BCUT2D eigenvalue weighted by Gasteiger charge is 2.16. The van der Waals surface area contributed by atoms with Crippen LogP contribution in [-0.2, 0) is 6.54 Å². The summed E-state index contributed by atoms with van der Waals surface area (Å²) in [5.74, 6) is 0. The molecule has 1 aliphatic rings. The second kappa shape index (κ2) is 7.90. The number of halogens is 1. The number of hydrazone groups is 1. The average Bonchev–Trinajstić information content (AvgIpc) is 2.68. The first-order valence-corrected chi connectivity index (χ1v) is 9.39. The Morgan fingerprint density at radius 3 is 2.50 bits per heavy atom. The summed E-state index contributed by atoms with van der Waals surface area (Å²) < 4.78 is 0. The molecular weight excluding hydrogens is 342 g/mol. The van der Waals surface area contributed by atoms with Crippen LogP contribution < -0.4 is 0 Å². The van der Waals surface area contributed by atoms with Crippen LogP contribution in [0.2, 0.25) is 5.02 Å². The second-order valence-corrected chi connectivity index (χ2v) is 7.10. The largest absolute Gasteiger partial charge is 0.295 e. The minimum atomic E-state index is 0.744. The maximum absolute atomic E-state index is 6.02. The Hall–Kier alpha value is -2.36. The van der Waals surface area contributed by atoms with E-state index in [4.69, 9.17) is 11.6 Å². The van der Waals surface area contributed by atoms with Crippen LogP contribution >= 0.6 is 11.6 Å². The van der Waals surface area contributed by atoms with Crippen molar-refractivity contribution >= 4 is 28.6 Å². The summed E-state index contributed by atoms with van der Waals surface area (Å²) >= 11 is 6.02. The van der Waals surface area contributed by atoms with E-state index in [0.717, 1.165) is 43.3 Å². The van der Waals surface area contributed by atoms with E-state index in [9.17, 15) is 0 Å². The number of hydrogen-bond acceptors (Lipinski definition) is 3. The summed E-state index contributed by atoms with van der Waals surface area (Å²) in [6.07, 6.45) is 1.90. The molecule has 1 heterocycles. The zero-order valence-corrected chi connectivity index (χ0v) is 15.4.